The van der Waals surface area contributed by atoms with E-state index in [2.05, 4.69) is 10.4 Å². The molecule has 0 spiro atoms. The number of rotatable bonds is 4. The lowest BCUT2D eigenvalue weighted by molar-refractivity contribution is 0.465. The number of hydrogen-bond acceptors (Lipinski definition) is 3. The zero-order valence-electron chi connectivity index (χ0n) is 11.8. The van der Waals surface area contributed by atoms with E-state index >= 15 is 0 Å². The molecule has 0 bridgehead atoms. The topological polar surface area (TPSA) is 50.1 Å². The number of phenolic OH excluding ortho intramolecular Hbond substituents is 1. The van der Waals surface area contributed by atoms with Crippen molar-refractivity contribution in [3.05, 3.63) is 72.1 Å². The van der Waals surface area contributed by atoms with E-state index in [-0.39, 0.29) is 0 Å². The molecule has 21 heavy (non-hydrogen) atoms. The number of anilines is 1. The summed E-state index contributed by atoms with van der Waals surface area (Å²) >= 11 is 0. The Bertz CT molecular complexity index is 736. The average Bonchev–Trinajstić information content (AvgIpc) is 3.03. The van der Waals surface area contributed by atoms with Crippen molar-refractivity contribution < 1.29 is 5.11 Å². The van der Waals surface area contributed by atoms with Crippen LogP contribution < -0.4 is 5.32 Å². The smallest absolute Gasteiger partial charge is 0.123 e. The van der Waals surface area contributed by atoms with Gasteiger partial charge in [-0.05, 0) is 30.7 Å². The molecule has 106 valence electrons. The second-order valence-corrected chi connectivity index (χ2v) is 4.90. The molecular weight excluding hydrogens is 262 g/mol. The maximum absolute atomic E-state index is 10.1. The molecule has 4 heteroatoms. The third-order valence-corrected chi connectivity index (χ3v) is 3.45. The summed E-state index contributed by atoms with van der Waals surface area (Å²) in [5.41, 5.74) is 3.72. The Morgan fingerprint density at radius 1 is 1.10 bits per heavy atom. The van der Waals surface area contributed by atoms with E-state index < -0.39 is 0 Å². The molecule has 1 aromatic heterocycles. The van der Waals surface area contributed by atoms with Crippen molar-refractivity contribution in [2.24, 2.45) is 0 Å². The summed E-state index contributed by atoms with van der Waals surface area (Å²) in [5.74, 6) is 0.349. The molecule has 2 aromatic carbocycles. The summed E-state index contributed by atoms with van der Waals surface area (Å²) in [6, 6.07) is 15.6. The van der Waals surface area contributed by atoms with Crippen LogP contribution in [0.5, 0.6) is 5.75 Å². The lowest BCUT2D eigenvalue weighted by Crippen LogP contribution is -2.05. The van der Waals surface area contributed by atoms with E-state index in [0.29, 0.717) is 12.3 Å². The van der Waals surface area contributed by atoms with Crippen LogP contribution in [0.2, 0.25) is 0 Å². The zero-order chi connectivity index (χ0) is 14.7. The standard InChI is InChI=1S/C17H17N3O/c1-13-6-4-7-14(17(13)21)12-18-15-8-2-3-9-16(15)20-11-5-10-19-20/h2-11,18,21H,12H2,1H3. The third kappa shape index (κ3) is 2.74. The number of nitrogens with one attached hydrogen (secondary N) is 1. The van der Waals surface area contributed by atoms with Gasteiger partial charge in [-0.3, -0.25) is 0 Å². The quantitative estimate of drug-likeness (QED) is 0.768. The molecular formula is C17H17N3O. The SMILES string of the molecule is Cc1cccc(CNc2ccccc2-n2cccn2)c1O. The largest absolute Gasteiger partial charge is 0.507 e. The van der Waals surface area contributed by atoms with Crippen LogP contribution in [0.25, 0.3) is 5.69 Å². The van der Waals surface area contributed by atoms with Crippen LogP contribution >= 0.6 is 0 Å². The van der Waals surface area contributed by atoms with Crippen molar-refractivity contribution in [3.63, 3.8) is 0 Å². The van der Waals surface area contributed by atoms with Crippen LogP contribution in [-0.4, -0.2) is 14.9 Å². The summed E-state index contributed by atoms with van der Waals surface area (Å²) in [4.78, 5) is 0. The highest BCUT2D eigenvalue weighted by atomic mass is 16.3. The lowest BCUT2D eigenvalue weighted by atomic mass is 10.1. The number of aryl methyl sites for hydroxylation is 1. The monoisotopic (exact) mass is 279 g/mol. The van der Waals surface area contributed by atoms with Crippen LogP contribution in [0.1, 0.15) is 11.1 Å². The van der Waals surface area contributed by atoms with Gasteiger partial charge in [0.15, 0.2) is 0 Å². The van der Waals surface area contributed by atoms with E-state index in [9.17, 15) is 5.11 Å². The number of hydrogen-bond donors (Lipinski definition) is 2. The van der Waals surface area contributed by atoms with Gasteiger partial charge in [-0.1, -0.05) is 30.3 Å². The van der Waals surface area contributed by atoms with E-state index in [0.717, 1.165) is 22.5 Å². The minimum Gasteiger partial charge on any atom is -0.507 e. The molecule has 0 aliphatic carbocycles. The Labute approximate surface area is 123 Å². The van der Waals surface area contributed by atoms with E-state index in [1.54, 1.807) is 6.20 Å². The maximum atomic E-state index is 10.1. The van der Waals surface area contributed by atoms with Crippen molar-refractivity contribution >= 4 is 5.69 Å². The Morgan fingerprint density at radius 3 is 2.76 bits per heavy atom. The van der Waals surface area contributed by atoms with Crippen molar-refractivity contribution in [1.29, 1.82) is 0 Å². The first kappa shape index (κ1) is 13.2. The van der Waals surface area contributed by atoms with Gasteiger partial charge in [-0.25, -0.2) is 4.68 Å². The molecule has 0 atom stereocenters. The van der Waals surface area contributed by atoms with Crippen molar-refractivity contribution in [1.82, 2.24) is 9.78 Å². The molecule has 0 saturated heterocycles. The first-order chi connectivity index (χ1) is 10.3. The maximum Gasteiger partial charge on any atom is 0.123 e. The van der Waals surface area contributed by atoms with Gasteiger partial charge in [-0.15, -0.1) is 0 Å². The van der Waals surface area contributed by atoms with E-state index in [1.807, 2.05) is 66.3 Å². The summed E-state index contributed by atoms with van der Waals surface area (Å²) in [7, 11) is 0. The number of benzene rings is 2. The highest BCUT2D eigenvalue weighted by molar-refractivity contribution is 5.61. The number of para-hydroxylation sites is 3. The molecule has 3 rings (SSSR count). The lowest BCUT2D eigenvalue weighted by Gasteiger charge is -2.13. The van der Waals surface area contributed by atoms with Gasteiger partial charge in [0.05, 0.1) is 11.4 Å². The van der Waals surface area contributed by atoms with E-state index in [4.69, 9.17) is 0 Å². The molecule has 0 unspecified atom stereocenters. The highest BCUT2D eigenvalue weighted by Gasteiger charge is 2.06. The van der Waals surface area contributed by atoms with Crippen LogP contribution in [-0.2, 0) is 6.54 Å². The fourth-order valence-corrected chi connectivity index (χ4v) is 2.29. The highest BCUT2D eigenvalue weighted by Crippen LogP contribution is 2.24. The first-order valence-electron chi connectivity index (χ1n) is 6.86. The number of aromatic hydroxyl groups is 1. The Morgan fingerprint density at radius 2 is 1.95 bits per heavy atom. The number of aromatic nitrogens is 2. The summed E-state index contributed by atoms with van der Waals surface area (Å²) in [6.45, 7) is 2.46. The van der Waals surface area contributed by atoms with Crippen molar-refractivity contribution in [2.75, 3.05) is 5.32 Å². The Kier molecular flexibility index (Phi) is 3.60. The second-order valence-electron chi connectivity index (χ2n) is 4.90. The van der Waals surface area contributed by atoms with Crippen LogP contribution in [0.3, 0.4) is 0 Å². The summed E-state index contributed by atoms with van der Waals surface area (Å²) in [5, 5.41) is 17.7. The third-order valence-electron chi connectivity index (χ3n) is 3.45. The second kappa shape index (κ2) is 5.71. The van der Waals surface area contributed by atoms with E-state index in [1.165, 1.54) is 0 Å². The van der Waals surface area contributed by atoms with Gasteiger partial charge in [-0.2, -0.15) is 5.10 Å². The first-order valence-corrected chi connectivity index (χ1v) is 6.86. The van der Waals surface area contributed by atoms with Crippen LogP contribution in [0.15, 0.2) is 60.9 Å². The van der Waals surface area contributed by atoms with Gasteiger partial charge < -0.3 is 10.4 Å². The van der Waals surface area contributed by atoms with Crippen LogP contribution in [0.4, 0.5) is 5.69 Å². The summed E-state index contributed by atoms with van der Waals surface area (Å²) in [6.07, 6.45) is 3.66. The van der Waals surface area contributed by atoms with Gasteiger partial charge in [0.2, 0.25) is 0 Å². The normalized spacial score (nSPS) is 10.5. The van der Waals surface area contributed by atoms with Gasteiger partial charge >= 0.3 is 0 Å². The van der Waals surface area contributed by atoms with Gasteiger partial charge in [0.25, 0.3) is 0 Å². The zero-order valence-corrected chi connectivity index (χ0v) is 11.8. The Hall–Kier alpha value is -2.75. The molecule has 1 heterocycles. The molecule has 3 aromatic rings. The molecule has 0 aliphatic heterocycles. The fraction of sp³-hybridized carbons (Fsp3) is 0.118. The molecule has 0 saturated carbocycles. The molecule has 0 fully saturated rings. The molecule has 0 aliphatic rings. The minimum atomic E-state index is 0.349. The molecule has 2 N–H and O–H groups in total. The van der Waals surface area contributed by atoms with Gasteiger partial charge in [0, 0.05) is 24.5 Å². The average molecular weight is 279 g/mol. The predicted octanol–water partition coefficient (Wildman–Crippen LogP) is 3.50. The minimum absolute atomic E-state index is 0.349. The summed E-state index contributed by atoms with van der Waals surface area (Å²) < 4.78 is 1.82. The number of phenols is 1. The number of nitrogens with zero attached hydrogens (tertiary/aromatic N) is 2. The van der Waals surface area contributed by atoms with Gasteiger partial charge in [0.1, 0.15) is 5.75 Å². The molecule has 0 radical (unpaired) electrons. The van der Waals surface area contributed by atoms with Crippen molar-refractivity contribution in [3.8, 4) is 11.4 Å². The Balaban J connectivity index is 1.85. The van der Waals surface area contributed by atoms with Crippen LogP contribution in [0, 0.1) is 6.92 Å². The van der Waals surface area contributed by atoms with Crippen molar-refractivity contribution in [2.45, 2.75) is 13.5 Å². The fourth-order valence-electron chi connectivity index (χ4n) is 2.29. The molecule has 0 amide bonds. The predicted molar refractivity (Wildman–Crippen MR) is 83.7 cm³/mol. The molecule has 4 nitrogen and oxygen atoms in total.